The summed E-state index contributed by atoms with van der Waals surface area (Å²) in [6.07, 6.45) is 7.11. The number of hydrogen-bond donors (Lipinski definition) is 3. The van der Waals surface area contributed by atoms with Gasteiger partial charge in [-0.2, -0.15) is 0 Å². The number of hydrogen-bond acceptors (Lipinski definition) is 3. The molecule has 124 valence electrons. The summed E-state index contributed by atoms with van der Waals surface area (Å²) < 4.78 is 0. The Bertz CT molecular complexity index is 433. The van der Waals surface area contributed by atoms with Crippen LogP contribution in [0.3, 0.4) is 0 Å². The van der Waals surface area contributed by atoms with Crippen molar-refractivity contribution in [2.75, 3.05) is 13.2 Å². The Morgan fingerprint density at radius 3 is 2.32 bits per heavy atom. The number of rotatable bonds is 7. The summed E-state index contributed by atoms with van der Waals surface area (Å²) in [6, 6.07) is 8.35. The van der Waals surface area contributed by atoms with Crippen LogP contribution in [0.4, 0.5) is 0 Å². The topological polar surface area (TPSA) is 52.5 Å². The van der Waals surface area contributed by atoms with Crippen molar-refractivity contribution in [2.45, 2.75) is 64.3 Å². The zero-order valence-electron chi connectivity index (χ0n) is 14.0. The first-order valence-electron chi connectivity index (χ1n) is 8.63. The molecule has 0 saturated heterocycles. The van der Waals surface area contributed by atoms with Crippen LogP contribution in [0, 0.1) is 5.41 Å². The van der Waals surface area contributed by atoms with Gasteiger partial charge >= 0.3 is 0 Å². The maximum atomic E-state index is 9.37. The van der Waals surface area contributed by atoms with Crippen molar-refractivity contribution < 1.29 is 10.2 Å². The Morgan fingerprint density at radius 2 is 1.73 bits per heavy atom. The minimum Gasteiger partial charge on any atom is -0.508 e. The molecule has 1 aliphatic rings. The van der Waals surface area contributed by atoms with Gasteiger partial charge in [-0.25, -0.2) is 0 Å². The quantitative estimate of drug-likeness (QED) is 0.672. The molecule has 0 heterocycles. The first-order valence-corrected chi connectivity index (χ1v) is 8.63. The Labute approximate surface area is 134 Å². The zero-order chi connectivity index (χ0) is 16.0. The summed E-state index contributed by atoms with van der Waals surface area (Å²) in [6.45, 7) is 5.56. The molecule has 3 N–H and O–H groups in total. The first-order chi connectivity index (χ1) is 10.5. The van der Waals surface area contributed by atoms with E-state index < -0.39 is 0 Å². The van der Waals surface area contributed by atoms with E-state index in [0.29, 0.717) is 17.7 Å². The highest BCUT2D eigenvalue weighted by Crippen LogP contribution is 2.33. The molecule has 0 bridgehead atoms. The summed E-state index contributed by atoms with van der Waals surface area (Å²) in [7, 11) is 0. The van der Waals surface area contributed by atoms with Crippen LogP contribution in [0.25, 0.3) is 0 Å². The molecule has 0 radical (unpaired) electrons. The summed E-state index contributed by atoms with van der Waals surface area (Å²) in [4.78, 5) is 0. The minimum absolute atomic E-state index is 0.0538. The number of phenols is 1. The summed E-state index contributed by atoms with van der Waals surface area (Å²) in [5.74, 6) is 0.997. The average Bonchev–Trinajstić information content (AvgIpc) is 2.53. The fourth-order valence-electron chi connectivity index (χ4n) is 3.33. The standard InChI is InChI=1S/C19H31NO2/c1-19(2,14-21)12-3-13-20-17-8-4-15(5-9-17)16-6-10-18(22)11-7-16/h6-7,10-11,15,17,20-22H,3-5,8-9,12-14H2,1-2H3. The Kier molecular flexibility index (Phi) is 6.27. The molecule has 0 amide bonds. The van der Waals surface area contributed by atoms with E-state index in [1.807, 2.05) is 0 Å². The van der Waals surface area contributed by atoms with Crippen molar-refractivity contribution in [3.8, 4) is 5.75 Å². The molecule has 0 unspecified atom stereocenters. The third kappa shape index (κ3) is 5.29. The van der Waals surface area contributed by atoms with Gasteiger partial charge in [0.05, 0.1) is 0 Å². The van der Waals surface area contributed by atoms with Crippen molar-refractivity contribution in [1.82, 2.24) is 5.32 Å². The molecule has 3 heteroatoms. The molecule has 3 nitrogen and oxygen atoms in total. The highest BCUT2D eigenvalue weighted by Gasteiger charge is 2.22. The average molecular weight is 305 g/mol. The molecule has 0 atom stereocenters. The van der Waals surface area contributed by atoms with E-state index in [9.17, 15) is 10.2 Å². The molecular formula is C19H31NO2. The van der Waals surface area contributed by atoms with E-state index in [0.717, 1.165) is 19.4 Å². The smallest absolute Gasteiger partial charge is 0.115 e. The van der Waals surface area contributed by atoms with Gasteiger partial charge in [-0.05, 0) is 74.1 Å². The highest BCUT2D eigenvalue weighted by atomic mass is 16.3. The van der Waals surface area contributed by atoms with Crippen LogP contribution in [0.5, 0.6) is 5.75 Å². The minimum atomic E-state index is 0.0538. The van der Waals surface area contributed by atoms with Gasteiger partial charge in [-0.3, -0.25) is 0 Å². The lowest BCUT2D eigenvalue weighted by molar-refractivity contribution is 0.147. The van der Waals surface area contributed by atoms with E-state index in [4.69, 9.17) is 0 Å². The normalized spacial score (nSPS) is 22.7. The number of nitrogens with one attached hydrogen (secondary N) is 1. The third-order valence-corrected chi connectivity index (χ3v) is 4.98. The number of phenolic OH excluding ortho intramolecular Hbond substituents is 1. The van der Waals surface area contributed by atoms with E-state index >= 15 is 0 Å². The third-order valence-electron chi connectivity index (χ3n) is 4.98. The molecule has 0 aliphatic heterocycles. The second-order valence-electron chi connectivity index (χ2n) is 7.52. The summed E-state index contributed by atoms with van der Waals surface area (Å²) in [5.41, 5.74) is 1.42. The maximum absolute atomic E-state index is 9.37. The Hall–Kier alpha value is -1.06. The number of benzene rings is 1. The molecule has 0 spiro atoms. The van der Waals surface area contributed by atoms with Crippen molar-refractivity contribution in [2.24, 2.45) is 5.41 Å². The molecular weight excluding hydrogens is 274 g/mol. The van der Waals surface area contributed by atoms with E-state index in [1.54, 1.807) is 12.1 Å². The fourth-order valence-corrected chi connectivity index (χ4v) is 3.33. The Balaban J connectivity index is 1.66. The summed E-state index contributed by atoms with van der Waals surface area (Å²) in [5, 5.41) is 22.3. The van der Waals surface area contributed by atoms with Crippen molar-refractivity contribution in [3.63, 3.8) is 0 Å². The number of aliphatic hydroxyl groups is 1. The summed E-state index contributed by atoms with van der Waals surface area (Å²) >= 11 is 0. The van der Waals surface area contributed by atoms with Crippen LogP contribution in [0.2, 0.25) is 0 Å². The van der Waals surface area contributed by atoms with Crippen LogP contribution in [-0.2, 0) is 0 Å². The van der Waals surface area contributed by atoms with Crippen molar-refractivity contribution in [3.05, 3.63) is 29.8 Å². The van der Waals surface area contributed by atoms with E-state index in [-0.39, 0.29) is 12.0 Å². The van der Waals surface area contributed by atoms with Gasteiger partial charge in [0, 0.05) is 12.6 Å². The van der Waals surface area contributed by atoms with Crippen molar-refractivity contribution >= 4 is 0 Å². The second kappa shape index (κ2) is 7.98. The van der Waals surface area contributed by atoms with Gasteiger partial charge in [0.25, 0.3) is 0 Å². The lowest BCUT2D eigenvalue weighted by Crippen LogP contribution is -2.34. The molecule has 0 aromatic heterocycles. The van der Waals surface area contributed by atoms with Crippen LogP contribution >= 0.6 is 0 Å². The second-order valence-corrected chi connectivity index (χ2v) is 7.52. The van der Waals surface area contributed by atoms with Crippen LogP contribution < -0.4 is 5.32 Å². The predicted molar refractivity (Wildman–Crippen MR) is 91.2 cm³/mol. The zero-order valence-corrected chi connectivity index (χ0v) is 14.0. The SMILES string of the molecule is CC(C)(CO)CCCNC1CCC(c2ccc(O)cc2)CC1. The maximum Gasteiger partial charge on any atom is 0.115 e. The van der Waals surface area contributed by atoms with Crippen LogP contribution in [0.1, 0.15) is 63.9 Å². The van der Waals surface area contributed by atoms with Crippen LogP contribution in [-0.4, -0.2) is 29.4 Å². The van der Waals surface area contributed by atoms with E-state index in [1.165, 1.54) is 31.2 Å². The highest BCUT2D eigenvalue weighted by molar-refractivity contribution is 5.28. The molecule has 1 aromatic carbocycles. The fraction of sp³-hybridized carbons (Fsp3) is 0.684. The van der Waals surface area contributed by atoms with Crippen molar-refractivity contribution in [1.29, 1.82) is 0 Å². The molecule has 1 aromatic rings. The largest absolute Gasteiger partial charge is 0.508 e. The predicted octanol–water partition coefficient (Wildman–Crippen LogP) is 3.81. The molecule has 2 rings (SSSR count). The molecule has 1 aliphatic carbocycles. The van der Waals surface area contributed by atoms with Crippen LogP contribution in [0.15, 0.2) is 24.3 Å². The number of aromatic hydroxyl groups is 1. The Morgan fingerprint density at radius 1 is 1.09 bits per heavy atom. The van der Waals surface area contributed by atoms with Gasteiger partial charge in [0.1, 0.15) is 5.75 Å². The first kappa shape index (κ1) is 17.3. The molecule has 1 fully saturated rings. The lowest BCUT2D eigenvalue weighted by atomic mass is 9.81. The van der Waals surface area contributed by atoms with Gasteiger partial charge < -0.3 is 15.5 Å². The molecule has 1 saturated carbocycles. The van der Waals surface area contributed by atoms with Gasteiger partial charge in [-0.15, -0.1) is 0 Å². The van der Waals surface area contributed by atoms with Gasteiger partial charge in [0.2, 0.25) is 0 Å². The number of aliphatic hydroxyl groups excluding tert-OH is 1. The lowest BCUT2D eigenvalue weighted by Gasteiger charge is -2.30. The van der Waals surface area contributed by atoms with Gasteiger partial charge in [-0.1, -0.05) is 26.0 Å². The van der Waals surface area contributed by atoms with Gasteiger partial charge in [0.15, 0.2) is 0 Å². The van der Waals surface area contributed by atoms with E-state index in [2.05, 4.69) is 31.3 Å². The monoisotopic (exact) mass is 305 g/mol. The molecule has 22 heavy (non-hydrogen) atoms.